The molecule has 0 radical (unpaired) electrons. The molecule has 0 fully saturated rings. The van der Waals surface area contributed by atoms with Gasteiger partial charge in [0.2, 0.25) is 5.95 Å². The highest BCUT2D eigenvalue weighted by molar-refractivity contribution is 9.10. The zero-order chi connectivity index (χ0) is 15.1. The number of hydrogen-bond donors (Lipinski definition) is 1. The average Bonchev–Trinajstić information content (AvgIpc) is 2.72. The molecule has 0 aliphatic heterocycles. The number of methoxy groups -OCH3 is 1. The smallest absolute Gasteiger partial charge is 0.206 e. The Morgan fingerprint density at radius 3 is 2.67 bits per heavy atom. The van der Waals surface area contributed by atoms with E-state index in [1.54, 1.807) is 11.7 Å². The van der Waals surface area contributed by atoms with Crippen LogP contribution in [0.2, 0.25) is 0 Å². The maximum atomic E-state index is 13.7. The summed E-state index contributed by atoms with van der Waals surface area (Å²) in [5, 5.41) is 0. The predicted octanol–water partition coefficient (Wildman–Crippen LogP) is 3.83. The van der Waals surface area contributed by atoms with Gasteiger partial charge < -0.3 is 10.5 Å². The third-order valence-electron chi connectivity index (χ3n) is 3.22. The number of imidazole rings is 1. The molecule has 3 aromatic rings. The van der Waals surface area contributed by atoms with Gasteiger partial charge in [-0.25, -0.2) is 9.37 Å². The highest BCUT2D eigenvalue weighted by Crippen LogP contribution is 2.33. The third-order valence-corrected chi connectivity index (χ3v) is 3.68. The van der Waals surface area contributed by atoms with Gasteiger partial charge >= 0.3 is 0 Å². The van der Waals surface area contributed by atoms with Gasteiger partial charge in [-0.1, -0.05) is 15.9 Å². The number of benzene rings is 2. The monoisotopic (exact) mass is 349 g/mol. The molecule has 1 heterocycles. The highest BCUT2D eigenvalue weighted by atomic mass is 79.9. The zero-order valence-electron chi connectivity index (χ0n) is 11.5. The molecule has 0 saturated carbocycles. The van der Waals surface area contributed by atoms with Crippen LogP contribution in [-0.4, -0.2) is 16.7 Å². The molecule has 21 heavy (non-hydrogen) atoms. The maximum Gasteiger partial charge on any atom is 0.206 e. The Kier molecular flexibility index (Phi) is 3.33. The summed E-state index contributed by atoms with van der Waals surface area (Å²) in [5.41, 5.74) is 8.86. The predicted molar refractivity (Wildman–Crippen MR) is 84.4 cm³/mol. The lowest BCUT2D eigenvalue weighted by atomic mass is 10.2. The van der Waals surface area contributed by atoms with Crippen LogP contribution >= 0.6 is 15.9 Å². The Labute approximate surface area is 129 Å². The molecule has 0 spiro atoms. The fourth-order valence-corrected chi connectivity index (χ4v) is 2.83. The van der Waals surface area contributed by atoms with Crippen molar-refractivity contribution in [1.29, 1.82) is 0 Å². The lowest BCUT2D eigenvalue weighted by molar-refractivity contribution is 0.419. The lowest BCUT2D eigenvalue weighted by Gasteiger charge is -2.09. The summed E-state index contributed by atoms with van der Waals surface area (Å²) in [5.74, 6) is 0.581. The number of hydrogen-bond acceptors (Lipinski definition) is 3. The first-order valence-corrected chi connectivity index (χ1v) is 7.08. The van der Waals surface area contributed by atoms with Crippen molar-refractivity contribution in [3.8, 4) is 11.4 Å². The largest absolute Gasteiger partial charge is 0.494 e. The van der Waals surface area contributed by atoms with E-state index in [1.165, 1.54) is 12.1 Å². The quantitative estimate of drug-likeness (QED) is 0.764. The van der Waals surface area contributed by atoms with Crippen LogP contribution in [0.4, 0.5) is 10.3 Å². The number of fused-ring (bicyclic) bond motifs is 1. The summed E-state index contributed by atoms with van der Waals surface area (Å²) in [6.45, 7) is 1.83. The van der Waals surface area contributed by atoms with E-state index in [0.717, 1.165) is 15.6 Å². The topological polar surface area (TPSA) is 53.1 Å². The van der Waals surface area contributed by atoms with Gasteiger partial charge in [-0.05, 0) is 42.8 Å². The lowest BCUT2D eigenvalue weighted by Crippen LogP contribution is -2.01. The van der Waals surface area contributed by atoms with Crippen molar-refractivity contribution in [3.05, 3.63) is 46.2 Å². The second kappa shape index (κ2) is 5.04. The number of nitrogens with two attached hydrogens (primary N) is 1. The van der Waals surface area contributed by atoms with Crippen LogP contribution in [0.5, 0.6) is 5.75 Å². The van der Waals surface area contributed by atoms with E-state index in [4.69, 9.17) is 10.5 Å². The van der Waals surface area contributed by atoms with Crippen LogP contribution < -0.4 is 10.5 Å². The van der Waals surface area contributed by atoms with Crippen LogP contribution in [-0.2, 0) is 0 Å². The number of aromatic nitrogens is 2. The molecule has 3 rings (SSSR count). The van der Waals surface area contributed by atoms with E-state index in [1.807, 2.05) is 25.1 Å². The van der Waals surface area contributed by atoms with Gasteiger partial charge in [0.25, 0.3) is 0 Å². The molecule has 0 unspecified atom stereocenters. The molecule has 0 bridgehead atoms. The minimum atomic E-state index is -0.312. The molecule has 1 aromatic heterocycles. The summed E-state index contributed by atoms with van der Waals surface area (Å²) >= 11 is 3.43. The molecule has 108 valence electrons. The van der Waals surface area contributed by atoms with Gasteiger partial charge in [-0.2, -0.15) is 0 Å². The molecular formula is C15H13BrFN3O. The van der Waals surface area contributed by atoms with E-state index < -0.39 is 0 Å². The van der Waals surface area contributed by atoms with Gasteiger partial charge in [0, 0.05) is 4.47 Å². The molecular weight excluding hydrogens is 337 g/mol. The number of aryl methyl sites for hydroxylation is 1. The highest BCUT2D eigenvalue weighted by Gasteiger charge is 2.15. The summed E-state index contributed by atoms with van der Waals surface area (Å²) < 4.78 is 21.5. The Balaban J connectivity index is 2.37. The van der Waals surface area contributed by atoms with Crippen LogP contribution in [0.3, 0.4) is 0 Å². The van der Waals surface area contributed by atoms with Crippen molar-refractivity contribution in [2.24, 2.45) is 0 Å². The van der Waals surface area contributed by atoms with Gasteiger partial charge in [0.15, 0.2) is 0 Å². The van der Waals surface area contributed by atoms with E-state index in [9.17, 15) is 4.39 Å². The number of nitrogen functional groups attached to an aromatic ring is 1. The first kappa shape index (κ1) is 13.9. The molecule has 2 N–H and O–H groups in total. The van der Waals surface area contributed by atoms with Gasteiger partial charge in [-0.3, -0.25) is 4.57 Å². The Morgan fingerprint density at radius 1 is 1.24 bits per heavy atom. The van der Waals surface area contributed by atoms with Gasteiger partial charge in [-0.15, -0.1) is 0 Å². The number of rotatable bonds is 2. The molecule has 0 amide bonds. The van der Waals surface area contributed by atoms with Gasteiger partial charge in [0.1, 0.15) is 17.1 Å². The number of ether oxygens (including phenoxy) is 1. The summed E-state index contributed by atoms with van der Waals surface area (Å²) in [6.07, 6.45) is 0. The van der Waals surface area contributed by atoms with Crippen LogP contribution in [0.25, 0.3) is 16.7 Å². The second-order valence-electron chi connectivity index (χ2n) is 4.77. The van der Waals surface area contributed by atoms with Crippen molar-refractivity contribution >= 4 is 32.9 Å². The van der Waals surface area contributed by atoms with Crippen molar-refractivity contribution in [2.75, 3.05) is 12.8 Å². The standard InChI is InChI=1S/C15H13BrFN3O/c1-8-3-10(17)7-11(4-8)20-12-5-9(16)6-13(21-2)14(12)19-15(20)18/h3-7H,1-2H3,(H2,18,19). The summed E-state index contributed by atoms with van der Waals surface area (Å²) in [6, 6.07) is 8.44. The minimum Gasteiger partial charge on any atom is -0.494 e. The number of nitrogens with zero attached hydrogens (tertiary/aromatic N) is 2. The SMILES string of the molecule is COc1cc(Br)cc2c1nc(N)n2-c1cc(C)cc(F)c1. The molecule has 0 aliphatic rings. The summed E-state index contributed by atoms with van der Waals surface area (Å²) in [7, 11) is 1.57. The van der Waals surface area contributed by atoms with Gasteiger partial charge in [0.05, 0.1) is 18.3 Å². The fraction of sp³-hybridized carbons (Fsp3) is 0.133. The summed E-state index contributed by atoms with van der Waals surface area (Å²) in [4.78, 5) is 4.33. The van der Waals surface area contributed by atoms with Crippen molar-refractivity contribution in [1.82, 2.24) is 9.55 Å². The van der Waals surface area contributed by atoms with Crippen molar-refractivity contribution in [2.45, 2.75) is 6.92 Å². The first-order chi connectivity index (χ1) is 9.99. The van der Waals surface area contributed by atoms with Crippen LogP contribution in [0.1, 0.15) is 5.56 Å². The van der Waals surface area contributed by atoms with E-state index in [0.29, 0.717) is 17.0 Å². The van der Waals surface area contributed by atoms with Crippen LogP contribution in [0, 0.1) is 12.7 Å². The molecule has 6 heteroatoms. The van der Waals surface area contributed by atoms with E-state index in [-0.39, 0.29) is 11.8 Å². The Hall–Kier alpha value is -2.08. The third kappa shape index (κ3) is 2.35. The Morgan fingerprint density at radius 2 is 2.00 bits per heavy atom. The minimum absolute atomic E-state index is 0.284. The maximum absolute atomic E-state index is 13.7. The molecule has 0 aliphatic carbocycles. The molecule has 2 aromatic carbocycles. The number of halogens is 2. The molecule has 4 nitrogen and oxygen atoms in total. The second-order valence-corrected chi connectivity index (χ2v) is 5.68. The first-order valence-electron chi connectivity index (χ1n) is 6.28. The van der Waals surface area contributed by atoms with E-state index in [2.05, 4.69) is 20.9 Å². The number of anilines is 1. The normalized spacial score (nSPS) is 11.0. The van der Waals surface area contributed by atoms with Crippen molar-refractivity contribution < 1.29 is 9.13 Å². The zero-order valence-corrected chi connectivity index (χ0v) is 13.1. The Bertz CT molecular complexity index is 824. The van der Waals surface area contributed by atoms with E-state index >= 15 is 0 Å². The van der Waals surface area contributed by atoms with Crippen LogP contribution in [0.15, 0.2) is 34.8 Å². The fourth-order valence-electron chi connectivity index (χ4n) is 2.40. The molecule has 0 saturated heterocycles. The van der Waals surface area contributed by atoms with Crippen molar-refractivity contribution in [3.63, 3.8) is 0 Å². The average molecular weight is 350 g/mol. The molecule has 0 atom stereocenters.